The summed E-state index contributed by atoms with van der Waals surface area (Å²) in [7, 11) is 5.94. The molecule has 2 aromatic carbocycles. The fourth-order valence-electron chi connectivity index (χ4n) is 3.41. The highest BCUT2D eigenvalue weighted by atomic mass is 19.1. The number of hydrogen-bond donors (Lipinski definition) is 0. The molecule has 1 aliphatic carbocycles. The Balaban J connectivity index is 1.63. The van der Waals surface area contributed by atoms with Crippen molar-refractivity contribution >= 4 is 13.3 Å². The van der Waals surface area contributed by atoms with Gasteiger partial charge in [-0.1, -0.05) is 24.5 Å². The van der Waals surface area contributed by atoms with E-state index < -0.39 is 0 Å². The first-order valence-electron chi connectivity index (χ1n) is 7.63. The molecule has 2 radical (unpaired) electrons. The van der Waals surface area contributed by atoms with Crippen LogP contribution >= 0.6 is 0 Å². The molecule has 0 bridgehead atoms. The van der Waals surface area contributed by atoms with Crippen LogP contribution in [0.4, 0.5) is 4.39 Å². The van der Waals surface area contributed by atoms with E-state index in [9.17, 15) is 4.39 Å². The zero-order chi connectivity index (χ0) is 15.3. The second-order valence-electron chi connectivity index (χ2n) is 6.09. The van der Waals surface area contributed by atoms with Crippen LogP contribution in [0.5, 0.6) is 11.5 Å². The van der Waals surface area contributed by atoms with Crippen LogP contribution in [-0.4, -0.2) is 14.5 Å². The Hall–Kier alpha value is -1.97. The van der Waals surface area contributed by atoms with Gasteiger partial charge < -0.3 is 9.47 Å². The molecule has 0 unspecified atom stereocenters. The van der Waals surface area contributed by atoms with Crippen molar-refractivity contribution in [3.05, 3.63) is 52.8 Å². The van der Waals surface area contributed by atoms with E-state index in [0.717, 1.165) is 24.2 Å². The highest BCUT2D eigenvalue weighted by Crippen LogP contribution is 2.40. The minimum absolute atomic E-state index is 0.238. The first-order chi connectivity index (χ1) is 10.6. The SMILES string of the molecule is [B]c1ccc(F)c2c1CC[C@H]2Oc1ccc2c(c1)OC[C@H]2C. The number of benzene rings is 2. The van der Waals surface area contributed by atoms with Crippen LogP contribution in [-0.2, 0) is 6.42 Å². The molecule has 4 rings (SSSR count). The lowest BCUT2D eigenvalue weighted by molar-refractivity contribution is 0.202. The van der Waals surface area contributed by atoms with E-state index >= 15 is 0 Å². The van der Waals surface area contributed by atoms with E-state index in [1.807, 2.05) is 18.2 Å². The summed E-state index contributed by atoms with van der Waals surface area (Å²) in [4.78, 5) is 0. The Morgan fingerprint density at radius 1 is 1.27 bits per heavy atom. The first kappa shape index (κ1) is 13.7. The third-order valence-corrected chi connectivity index (χ3v) is 4.60. The van der Waals surface area contributed by atoms with E-state index in [-0.39, 0.29) is 11.9 Å². The molecular formula is C18H16BFO2. The van der Waals surface area contributed by atoms with Crippen molar-refractivity contribution in [2.75, 3.05) is 6.61 Å². The van der Waals surface area contributed by atoms with Crippen molar-refractivity contribution in [3.8, 4) is 11.5 Å². The Kier molecular flexibility index (Phi) is 3.14. The fourth-order valence-corrected chi connectivity index (χ4v) is 3.41. The number of hydrogen-bond acceptors (Lipinski definition) is 2. The molecule has 0 saturated carbocycles. The molecule has 2 nitrogen and oxygen atoms in total. The predicted octanol–water partition coefficient (Wildman–Crippen LogP) is 3.18. The van der Waals surface area contributed by atoms with E-state index in [1.165, 1.54) is 11.6 Å². The molecule has 4 heteroatoms. The number of ether oxygens (including phenoxy) is 2. The summed E-state index contributed by atoms with van der Waals surface area (Å²) in [5, 5.41) is 0. The molecular weight excluding hydrogens is 278 g/mol. The molecule has 110 valence electrons. The maximum atomic E-state index is 14.1. The van der Waals surface area contributed by atoms with Crippen LogP contribution in [0.3, 0.4) is 0 Å². The van der Waals surface area contributed by atoms with Gasteiger partial charge in [0.2, 0.25) is 0 Å². The Morgan fingerprint density at radius 3 is 3.00 bits per heavy atom. The third kappa shape index (κ3) is 2.09. The van der Waals surface area contributed by atoms with Gasteiger partial charge in [-0.15, -0.1) is 0 Å². The normalized spacial score (nSPS) is 22.1. The summed E-state index contributed by atoms with van der Waals surface area (Å²) in [6.45, 7) is 2.84. The molecule has 0 aromatic heterocycles. The molecule has 2 atom stereocenters. The first-order valence-corrected chi connectivity index (χ1v) is 7.63. The molecule has 1 aliphatic heterocycles. The molecule has 0 saturated heterocycles. The van der Waals surface area contributed by atoms with Gasteiger partial charge in [-0.05, 0) is 30.5 Å². The highest BCUT2D eigenvalue weighted by molar-refractivity contribution is 6.33. The van der Waals surface area contributed by atoms with E-state index in [2.05, 4.69) is 6.92 Å². The molecule has 0 amide bonds. The Morgan fingerprint density at radius 2 is 2.14 bits per heavy atom. The Labute approximate surface area is 130 Å². The maximum absolute atomic E-state index is 14.1. The summed E-state index contributed by atoms with van der Waals surface area (Å²) in [5.41, 5.74) is 3.34. The largest absolute Gasteiger partial charge is 0.493 e. The minimum atomic E-state index is -0.282. The Bertz CT molecular complexity index is 744. The van der Waals surface area contributed by atoms with Gasteiger partial charge in [0.1, 0.15) is 31.3 Å². The van der Waals surface area contributed by atoms with Gasteiger partial charge in [-0.25, -0.2) is 4.39 Å². The van der Waals surface area contributed by atoms with Gasteiger partial charge in [0.25, 0.3) is 0 Å². The summed E-state index contributed by atoms with van der Waals surface area (Å²) < 4.78 is 25.8. The van der Waals surface area contributed by atoms with Crippen molar-refractivity contribution < 1.29 is 13.9 Å². The van der Waals surface area contributed by atoms with Crippen LogP contribution < -0.4 is 14.9 Å². The average molecular weight is 294 g/mol. The van der Waals surface area contributed by atoms with Crippen LogP contribution in [0.1, 0.15) is 42.1 Å². The third-order valence-electron chi connectivity index (χ3n) is 4.60. The van der Waals surface area contributed by atoms with Gasteiger partial charge in [0.05, 0.1) is 6.61 Å². The zero-order valence-electron chi connectivity index (χ0n) is 12.4. The quantitative estimate of drug-likeness (QED) is 0.792. The lowest BCUT2D eigenvalue weighted by Crippen LogP contribution is -2.13. The second kappa shape index (κ2) is 5.04. The van der Waals surface area contributed by atoms with E-state index in [1.54, 1.807) is 6.07 Å². The number of fused-ring (bicyclic) bond motifs is 2. The maximum Gasteiger partial charge on any atom is 0.130 e. The molecule has 0 spiro atoms. The zero-order valence-corrected chi connectivity index (χ0v) is 12.4. The van der Waals surface area contributed by atoms with Crippen molar-refractivity contribution in [3.63, 3.8) is 0 Å². The van der Waals surface area contributed by atoms with Crippen molar-refractivity contribution in [2.45, 2.75) is 31.8 Å². The van der Waals surface area contributed by atoms with Gasteiger partial charge in [-0.2, -0.15) is 0 Å². The standard InChI is InChI=1S/C18H16BFO2/c1-10-9-21-17-8-11(2-3-12(10)17)22-16-7-4-13-14(19)5-6-15(20)18(13)16/h2-3,5-6,8,10,16H,4,7,9H2,1H3/t10-,16-/m1/s1. The minimum Gasteiger partial charge on any atom is -0.493 e. The monoisotopic (exact) mass is 294 g/mol. The lowest BCUT2D eigenvalue weighted by Gasteiger charge is -2.17. The summed E-state index contributed by atoms with van der Waals surface area (Å²) in [6, 6.07) is 8.92. The molecule has 1 heterocycles. The molecule has 0 N–H and O–H groups in total. The van der Waals surface area contributed by atoms with Crippen molar-refractivity contribution in [1.82, 2.24) is 0 Å². The van der Waals surface area contributed by atoms with Crippen LogP contribution in [0.2, 0.25) is 0 Å². The van der Waals surface area contributed by atoms with Gasteiger partial charge in [0.15, 0.2) is 0 Å². The molecule has 2 aromatic rings. The van der Waals surface area contributed by atoms with E-state index in [4.69, 9.17) is 17.3 Å². The topological polar surface area (TPSA) is 18.5 Å². The van der Waals surface area contributed by atoms with E-state index in [0.29, 0.717) is 29.3 Å². The van der Waals surface area contributed by atoms with Crippen LogP contribution in [0, 0.1) is 5.82 Å². The smallest absolute Gasteiger partial charge is 0.130 e. The predicted molar refractivity (Wildman–Crippen MR) is 83.8 cm³/mol. The average Bonchev–Trinajstić information content (AvgIpc) is 3.09. The van der Waals surface area contributed by atoms with Crippen molar-refractivity contribution in [1.29, 1.82) is 0 Å². The molecule has 0 fully saturated rings. The number of rotatable bonds is 2. The number of halogens is 1. The van der Waals surface area contributed by atoms with Gasteiger partial charge in [0, 0.05) is 23.1 Å². The second-order valence-corrected chi connectivity index (χ2v) is 6.09. The fraction of sp³-hybridized carbons (Fsp3) is 0.333. The van der Waals surface area contributed by atoms with Crippen LogP contribution in [0.15, 0.2) is 30.3 Å². The van der Waals surface area contributed by atoms with Crippen molar-refractivity contribution in [2.24, 2.45) is 0 Å². The summed E-state index contributed by atoms with van der Waals surface area (Å²) in [6.07, 6.45) is 1.21. The van der Waals surface area contributed by atoms with Crippen LogP contribution in [0.25, 0.3) is 0 Å². The summed E-state index contributed by atoms with van der Waals surface area (Å²) >= 11 is 0. The highest BCUT2D eigenvalue weighted by Gasteiger charge is 2.29. The molecule has 22 heavy (non-hydrogen) atoms. The summed E-state index contributed by atoms with van der Waals surface area (Å²) in [5.74, 6) is 1.76. The van der Waals surface area contributed by atoms with Gasteiger partial charge >= 0.3 is 0 Å². The molecule has 2 aliphatic rings. The van der Waals surface area contributed by atoms with Gasteiger partial charge in [-0.3, -0.25) is 0 Å². The lowest BCUT2D eigenvalue weighted by atomic mass is 9.88.